The molecular weight excluding hydrogens is 272 g/mol. The van der Waals surface area contributed by atoms with E-state index < -0.39 is 17.7 Å². The Labute approximate surface area is 114 Å². The van der Waals surface area contributed by atoms with Gasteiger partial charge in [-0.2, -0.15) is 0 Å². The van der Waals surface area contributed by atoms with Crippen molar-refractivity contribution in [3.63, 3.8) is 0 Å². The van der Waals surface area contributed by atoms with Crippen molar-refractivity contribution in [3.05, 3.63) is 58.6 Å². The zero-order valence-electron chi connectivity index (χ0n) is 10.2. The Hall–Kier alpha value is -1.65. The highest BCUT2D eigenvalue weighted by atomic mass is 35.5. The Bertz CT molecular complexity index is 602. The summed E-state index contributed by atoms with van der Waals surface area (Å²) in [7, 11) is 0. The molecule has 2 N–H and O–H groups in total. The molecule has 2 rings (SSSR count). The molecule has 0 fully saturated rings. The highest BCUT2D eigenvalue weighted by Crippen LogP contribution is 2.30. The number of hydrogen-bond donors (Lipinski definition) is 1. The zero-order valence-corrected chi connectivity index (χ0v) is 10.9. The molecule has 5 heteroatoms. The van der Waals surface area contributed by atoms with Gasteiger partial charge in [-0.05, 0) is 37.3 Å². The van der Waals surface area contributed by atoms with Crippen molar-refractivity contribution in [2.24, 2.45) is 5.73 Å². The van der Waals surface area contributed by atoms with Crippen LogP contribution in [0.3, 0.4) is 0 Å². The minimum atomic E-state index is -0.580. The molecule has 2 aromatic carbocycles. The molecule has 2 aromatic rings. The number of halogens is 3. The van der Waals surface area contributed by atoms with E-state index in [0.717, 1.165) is 6.07 Å². The van der Waals surface area contributed by atoms with Gasteiger partial charge in [0.15, 0.2) is 0 Å². The van der Waals surface area contributed by atoms with Gasteiger partial charge in [0.05, 0.1) is 5.02 Å². The zero-order chi connectivity index (χ0) is 14.0. The molecule has 0 saturated carbocycles. The Morgan fingerprint density at radius 3 is 2.53 bits per heavy atom. The molecule has 0 heterocycles. The second kappa shape index (κ2) is 5.55. The van der Waals surface area contributed by atoms with Gasteiger partial charge in [0.1, 0.15) is 23.1 Å². The summed E-state index contributed by atoms with van der Waals surface area (Å²) in [5.41, 5.74) is 6.26. The van der Waals surface area contributed by atoms with E-state index >= 15 is 0 Å². The fourth-order valence-electron chi connectivity index (χ4n) is 1.64. The van der Waals surface area contributed by atoms with Gasteiger partial charge < -0.3 is 10.5 Å². The van der Waals surface area contributed by atoms with Gasteiger partial charge in [0.25, 0.3) is 0 Å². The van der Waals surface area contributed by atoms with E-state index in [9.17, 15) is 8.78 Å². The second-order valence-electron chi connectivity index (χ2n) is 4.15. The predicted molar refractivity (Wildman–Crippen MR) is 70.5 cm³/mol. The van der Waals surface area contributed by atoms with Gasteiger partial charge in [-0.25, -0.2) is 8.78 Å². The molecule has 0 unspecified atom stereocenters. The van der Waals surface area contributed by atoms with Crippen molar-refractivity contribution < 1.29 is 13.5 Å². The van der Waals surface area contributed by atoms with E-state index in [0.29, 0.717) is 11.3 Å². The molecule has 1 atom stereocenters. The lowest BCUT2D eigenvalue weighted by Crippen LogP contribution is -2.07. The molecule has 19 heavy (non-hydrogen) atoms. The van der Waals surface area contributed by atoms with Gasteiger partial charge in [-0.3, -0.25) is 0 Å². The van der Waals surface area contributed by atoms with Gasteiger partial charge >= 0.3 is 0 Å². The van der Waals surface area contributed by atoms with Crippen molar-refractivity contribution in [2.75, 3.05) is 0 Å². The second-order valence-corrected chi connectivity index (χ2v) is 4.56. The first kappa shape index (κ1) is 13.8. The number of ether oxygens (including phenoxy) is 1. The lowest BCUT2D eigenvalue weighted by molar-refractivity contribution is 0.464. The number of nitrogens with two attached hydrogens (primary N) is 1. The standard InChI is InChI=1S/C14H12ClF2NO/c1-8(18)11-6-9(16)2-5-14(11)19-10-3-4-12(15)13(17)7-10/h2-8H,18H2,1H3/t8-/m0/s1. The molecule has 0 bridgehead atoms. The molecule has 2 nitrogen and oxygen atoms in total. The Morgan fingerprint density at radius 1 is 1.16 bits per heavy atom. The molecular formula is C14H12ClF2NO. The van der Waals surface area contributed by atoms with E-state index in [1.165, 1.54) is 30.3 Å². The largest absolute Gasteiger partial charge is 0.457 e. The minimum Gasteiger partial charge on any atom is -0.457 e. The van der Waals surface area contributed by atoms with Crippen LogP contribution in [0.5, 0.6) is 11.5 Å². The first-order chi connectivity index (χ1) is 8.97. The Morgan fingerprint density at radius 2 is 1.89 bits per heavy atom. The molecule has 0 aliphatic heterocycles. The summed E-state index contributed by atoms with van der Waals surface area (Å²) in [4.78, 5) is 0. The summed E-state index contributed by atoms with van der Waals surface area (Å²) in [6.45, 7) is 1.71. The van der Waals surface area contributed by atoms with Crippen LogP contribution in [0.15, 0.2) is 36.4 Å². The monoisotopic (exact) mass is 283 g/mol. The molecule has 100 valence electrons. The fourth-order valence-corrected chi connectivity index (χ4v) is 1.75. The fraction of sp³-hybridized carbons (Fsp3) is 0.143. The van der Waals surface area contributed by atoms with Gasteiger partial charge in [0.2, 0.25) is 0 Å². The van der Waals surface area contributed by atoms with Crippen molar-refractivity contribution in [2.45, 2.75) is 13.0 Å². The van der Waals surface area contributed by atoms with Gasteiger partial charge in [-0.1, -0.05) is 11.6 Å². The Kier molecular flexibility index (Phi) is 4.02. The van der Waals surface area contributed by atoms with Crippen LogP contribution in [-0.4, -0.2) is 0 Å². The highest BCUT2D eigenvalue weighted by Gasteiger charge is 2.11. The van der Waals surface area contributed by atoms with E-state index in [4.69, 9.17) is 22.1 Å². The van der Waals surface area contributed by atoms with Crippen molar-refractivity contribution in [1.82, 2.24) is 0 Å². The molecule has 0 aliphatic carbocycles. The molecule has 0 spiro atoms. The minimum absolute atomic E-state index is 0.0128. The summed E-state index contributed by atoms with van der Waals surface area (Å²) < 4.78 is 32.0. The molecule has 0 aliphatic rings. The summed E-state index contributed by atoms with van der Waals surface area (Å²) in [6.07, 6.45) is 0. The summed E-state index contributed by atoms with van der Waals surface area (Å²) in [5, 5.41) is 0.0128. The average molecular weight is 284 g/mol. The SMILES string of the molecule is C[C@H](N)c1cc(F)ccc1Oc1ccc(Cl)c(F)c1. The van der Waals surface area contributed by atoms with Gasteiger partial charge in [-0.15, -0.1) is 0 Å². The lowest BCUT2D eigenvalue weighted by atomic mass is 10.1. The maximum absolute atomic E-state index is 13.3. The van der Waals surface area contributed by atoms with Crippen molar-refractivity contribution >= 4 is 11.6 Å². The molecule has 0 amide bonds. The topological polar surface area (TPSA) is 35.2 Å². The van der Waals surface area contributed by atoms with E-state index in [-0.39, 0.29) is 10.8 Å². The smallest absolute Gasteiger partial charge is 0.145 e. The highest BCUT2D eigenvalue weighted by molar-refractivity contribution is 6.30. The van der Waals surface area contributed by atoms with Crippen LogP contribution in [0.4, 0.5) is 8.78 Å². The molecule has 0 saturated heterocycles. The predicted octanol–water partition coefficient (Wildman–Crippen LogP) is 4.43. The number of benzene rings is 2. The van der Waals surface area contributed by atoms with Crippen molar-refractivity contribution in [1.29, 1.82) is 0 Å². The van der Waals surface area contributed by atoms with Crippen molar-refractivity contribution in [3.8, 4) is 11.5 Å². The van der Waals surface area contributed by atoms with E-state index in [1.807, 2.05) is 0 Å². The maximum Gasteiger partial charge on any atom is 0.145 e. The van der Waals surface area contributed by atoms with Crippen LogP contribution in [0.25, 0.3) is 0 Å². The lowest BCUT2D eigenvalue weighted by Gasteiger charge is -2.14. The molecule has 0 radical (unpaired) electrons. The van der Waals surface area contributed by atoms with E-state index in [1.54, 1.807) is 6.92 Å². The quantitative estimate of drug-likeness (QED) is 0.904. The summed E-state index contributed by atoms with van der Waals surface area (Å²) >= 11 is 5.59. The third-order valence-electron chi connectivity index (χ3n) is 2.58. The number of rotatable bonds is 3. The maximum atomic E-state index is 13.3. The van der Waals surface area contributed by atoms with Crippen LogP contribution in [0.2, 0.25) is 5.02 Å². The third-order valence-corrected chi connectivity index (χ3v) is 2.89. The summed E-state index contributed by atoms with van der Waals surface area (Å²) in [6, 6.07) is 7.70. The van der Waals surface area contributed by atoms with Crippen LogP contribution in [0, 0.1) is 11.6 Å². The normalized spacial score (nSPS) is 12.3. The van der Waals surface area contributed by atoms with Crippen LogP contribution >= 0.6 is 11.6 Å². The number of hydrogen-bond acceptors (Lipinski definition) is 2. The Balaban J connectivity index is 2.35. The third kappa shape index (κ3) is 3.22. The first-order valence-corrected chi connectivity index (χ1v) is 6.03. The first-order valence-electron chi connectivity index (χ1n) is 5.65. The molecule has 0 aromatic heterocycles. The average Bonchev–Trinajstić information content (AvgIpc) is 2.36. The van der Waals surface area contributed by atoms with E-state index in [2.05, 4.69) is 0 Å². The van der Waals surface area contributed by atoms with Crippen LogP contribution in [-0.2, 0) is 0 Å². The summed E-state index contributed by atoms with van der Waals surface area (Å²) in [5.74, 6) is -0.320. The van der Waals surface area contributed by atoms with Crippen LogP contribution in [0.1, 0.15) is 18.5 Å². The van der Waals surface area contributed by atoms with Gasteiger partial charge in [0, 0.05) is 17.7 Å². The van der Waals surface area contributed by atoms with Crippen LogP contribution < -0.4 is 10.5 Å².